The van der Waals surface area contributed by atoms with E-state index in [1.165, 1.54) is 114 Å². The van der Waals surface area contributed by atoms with Crippen LogP contribution in [0.4, 0.5) is 0 Å². The van der Waals surface area contributed by atoms with Gasteiger partial charge >= 0.3 is 0 Å². The minimum absolute atomic E-state index is 0.940. The van der Waals surface area contributed by atoms with Crippen LogP contribution in [0.2, 0.25) is 0 Å². The first-order chi connectivity index (χ1) is 18.8. The Labute approximate surface area is 235 Å². The lowest BCUT2D eigenvalue weighted by Crippen LogP contribution is -2.15. The third-order valence-corrected chi connectivity index (χ3v) is 8.52. The maximum atomic E-state index is 3.36. The predicted octanol–water partition coefficient (Wildman–Crippen LogP) is 11.3. The molecule has 38 heavy (non-hydrogen) atoms. The second-order valence-electron chi connectivity index (χ2n) is 11.8. The molecule has 3 rings (SSSR count). The van der Waals surface area contributed by atoms with E-state index in [-0.39, 0.29) is 0 Å². The molecule has 0 aromatic heterocycles. The normalized spacial score (nSPS) is 17.4. The summed E-state index contributed by atoms with van der Waals surface area (Å²) >= 11 is 0. The smallest absolute Gasteiger partial charge is 0.0249 e. The van der Waals surface area contributed by atoms with Gasteiger partial charge in [0.05, 0.1) is 0 Å². The van der Waals surface area contributed by atoms with Gasteiger partial charge in [-0.15, -0.1) is 0 Å². The highest BCUT2D eigenvalue weighted by molar-refractivity contribution is 5.44. The Bertz CT molecular complexity index is 942. The number of unbranched alkanes of at least 4 members (excludes halogenated alkanes) is 7. The molecule has 1 saturated carbocycles. The first-order valence-electron chi connectivity index (χ1n) is 16.1. The zero-order chi connectivity index (χ0) is 26.7. The molecule has 0 unspecified atom stereocenters. The van der Waals surface area contributed by atoms with E-state index in [1.807, 2.05) is 0 Å². The molecule has 1 aliphatic rings. The fourth-order valence-electron chi connectivity index (χ4n) is 5.85. The molecule has 0 saturated heterocycles. The van der Waals surface area contributed by atoms with Crippen molar-refractivity contribution in [3.05, 3.63) is 82.9 Å². The second kappa shape index (κ2) is 18.9. The summed E-state index contributed by atoms with van der Waals surface area (Å²) < 4.78 is 0. The van der Waals surface area contributed by atoms with Crippen molar-refractivity contribution in [3.8, 4) is 11.8 Å². The Morgan fingerprint density at radius 3 is 1.66 bits per heavy atom. The summed E-state index contributed by atoms with van der Waals surface area (Å²) in [5, 5.41) is 0. The summed E-state index contributed by atoms with van der Waals surface area (Å²) in [5.74, 6) is 8.67. The van der Waals surface area contributed by atoms with Gasteiger partial charge in [-0.1, -0.05) is 146 Å². The van der Waals surface area contributed by atoms with Crippen LogP contribution in [0.5, 0.6) is 0 Å². The lowest BCUT2D eigenvalue weighted by Gasteiger charge is -2.28. The molecule has 0 radical (unpaired) electrons. The summed E-state index contributed by atoms with van der Waals surface area (Å²) in [6.07, 6.45) is 29.2. The molecule has 2 aromatic carbocycles. The average Bonchev–Trinajstić information content (AvgIpc) is 2.96. The van der Waals surface area contributed by atoms with Crippen molar-refractivity contribution in [1.82, 2.24) is 0 Å². The lowest BCUT2D eigenvalue weighted by atomic mass is 9.77. The van der Waals surface area contributed by atoms with Gasteiger partial charge in [-0.3, -0.25) is 0 Å². The monoisotopic (exact) mass is 510 g/mol. The van der Waals surface area contributed by atoms with Crippen molar-refractivity contribution in [1.29, 1.82) is 0 Å². The van der Waals surface area contributed by atoms with Crippen LogP contribution in [0.1, 0.15) is 139 Å². The van der Waals surface area contributed by atoms with Crippen molar-refractivity contribution in [2.75, 3.05) is 0 Å². The van der Waals surface area contributed by atoms with Gasteiger partial charge in [0.1, 0.15) is 0 Å². The molecule has 0 atom stereocenters. The SMILES string of the molecule is CCCC/C=C/CCc1ccc(C#Cc2ccc(CCC3CCC(CCCCCCCC)CC3)cc2)cc1. The van der Waals surface area contributed by atoms with Crippen molar-refractivity contribution >= 4 is 0 Å². The van der Waals surface area contributed by atoms with Gasteiger partial charge in [0.2, 0.25) is 0 Å². The Morgan fingerprint density at radius 2 is 1.05 bits per heavy atom. The third kappa shape index (κ3) is 12.5. The maximum Gasteiger partial charge on any atom is 0.0249 e. The summed E-state index contributed by atoms with van der Waals surface area (Å²) in [6, 6.07) is 17.8. The summed E-state index contributed by atoms with van der Waals surface area (Å²) in [4.78, 5) is 0. The van der Waals surface area contributed by atoms with Gasteiger partial charge in [0, 0.05) is 11.1 Å². The van der Waals surface area contributed by atoms with Gasteiger partial charge < -0.3 is 0 Å². The van der Waals surface area contributed by atoms with E-state index in [1.54, 1.807) is 0 Å². The van der Waals surface area contributed by atoms with Crippen molar-refractivity contribution < 1.29 is 0 Å². The summed E-state index contributed by atoms with van der Waals surface area (Å²) in [7, 11) is 0. The van der Waals surface area contributed by atoms with Gasteiger partial charge in [-0.05, 0) is 79.3 Å². The van der Waals surface area contributed by atoms with Crippen LogP contribution < -0.4 is 0 Å². The molecule has 0 bridgehead atoms. The first kappa shape index (κ1) is 30.3. The van der Waals surface area contributed by atoms with Gasteiger partial charge in [-0.25, -0.2) is 0 Å². The molecule has 0 amide bonds. The topological polar surface area (TPSA) is 0 Å². The predicted molar refractivity (Wildman–Crippen MR) is 168 cm³/mol. The fraction of sp³-hybridized carbons (Fsp3) is 0.579. The van der Waals surface area contributed by atoms with E-state index >= 15 is 0 Å². The third-order valence-electron chi connectivity index (χ3n) is 8.52. The van der Waals surface area contributed by atoms with Crippen LogP contribution in [0, 0.1) is 23.7 Å². The Balaban J connectivity index is 1.31. The van der Waals surface area contributed by atoms with Crippen LogP contribution in [0.3, 0.4) is 0 Å². The molecular formula is C38H54. The number of rotatable bonds is 16. The Hall–Kier alpha value is -2.26. The lowest BCUT2D eigenvalue weighted by molar-refractivity contribution is 0.248. The number of allylic oxidation sites excluding steroid dienone is 2. The van der Waals surface area contributed by atoms with Crippen LogP contribution in [-0.2, 0) is 12.8 Å². The maximum absolute atomic E-state index is 3.36. The van der Waals surface area contributed by atoms with Crippen molar-refractivity contribution in [3.63, 3.8) is 0 Å². The number of hydrogen-bond acceptors (Lipinski definition) is 0. The zero-order valence-corrected chi connectivity index (χ0v) is 24.7. The molecule has 0 heteroatoms. The molecule has 0 aliphatic heterocycles. The van der Waals surface area contributed by atoms with E-state index < -0.39 is 0 Å². The molecule has 206 valence electrons. The highest BCUT2D eigenvalue weighted by Gasteiger charge is 2.20. The van der Waals surface area contributed by atoms with Crippen LogP contribution in [-0.4, -0.2) is 0 Å². The van der Waals surface area contributed by atoms with Crippen LogP contribution in [0.15, 0.2) is 60.7 Å². The van der Waals surface area contributed by atoms with Crippen LogP contribution in [0.25, 0.3) is 0 Å². The second-order valence-corrected chi connectivity index (χ2v) is 11.8. The Morgan fingerprint density at radius 1 is 0.553 bits per heavy atom. The van der Waals surface area contributed by atoms with E-state index in [9.17, 15) is 0 Å². The van der Waals surface area contributed by atoms with E-state index in [0.29, 0.717) is 0 Å². The van der Waals surface area contributed by atoms with E-state index in [0.717, 1.165) is 35.8 Å². The highest BCUT2D eigenvalue weighted by atomic mass is 14.3. The fourth-order valence-corrected chi connectivity index (χ4v) is 5.85. The van der Waals surface area contributed by atoms with Crippen molar-refractivity contribution in [2.45, 2.75) is 129 Å². The van der Waals surface area contributed by atoms with E-state index in [2.05, 4.69) is 86.4 Å². The zero-order valence-electron chi connectivity index (χ0n) is 24.7. The van der Waals surface area contributed by atoms with Gasteiger partial charge in [0.15, 0.2) is 0 Å². The molecule has 1 fully saturated rings. The molecule has 2 aromatic rings. The molecule has 0 heterocycles. The number of benzene rings is 2. The van der Waals surface area contributed by atoms with Gasteiger partial charge in [-0.2, -0.15) is 0 Å². The summed E-state index contributed by atoms with van der Waals surface area (Å²) in [5.41, 5.74) is 5.08. The minimum atomic E-state index is 0.940. The highest BCUT2D eigenvalue weighted by Crippen LogP contribution is 2.34. The van der Waals surface area contributed by atoms with Gasteiger partial charge in [0.25, 0.3) is 0 Å². The van der Waals surface area contributed by atoms with Crippen molar-refractivity contribution in [2.24, 2.45) is 11.8 Å². The minimum Gasteiger partial charge on any atom is -0.0885 e. The number of aryl methyl sites for hydroxylation is 2. The quantitative estimate of drug-likeness (QED) is 0.120. The molecule has 0 N–H and O–H groups in total. The summed E-state index contributed by atoms with van der Waals surface area (Å²) in [6.45, 7) is 4.55. The standard InChI is InChI=1S/C38H54/c1-3-5-7-9-11-13-15-33-17-21-35(22-18-33)25-27-37-29-31-38(32-30-37)28-26-36-23-19-34(20-24-36)16-14-12-10-8-6-4-2/h9,11,17-18,21-22,29-32,34,36H,3-8,10,12-16,19-20,23-24,26,28H2,1-2H3/b11-9+. The largest absolute Gasteiger partial charge is 0.0885 e. The molecule has 1 aliphatic carbocycles. The number of hydrogen-bond donors (Lipinski definition) is 0. The van der Waals surface area contributed by atoms with E-state index in [4.69, 9.17) is 0 Å². The molecule has 0 spiro atoms. The molecule has 0 nitrogen and oxygen atoms in total. The first-order valence-corrected chi connectivity index (χ1v) is 16.1. The Kier molecular flexibility index (Phi) is 15.1. The average molecular weight is 511 g/mol. The van der Waals surface area contributed by atoms with Crippen LogP contribution >= 0.6 is 0 Å². The molecular weight excluding hydrogens is 456 g/mol.